The number of Topliss-reactive ketones (excluding diaryl/α,β-unsaturated/α-hetero) is 1. The van der Waals surface area contributed by atoms with Gasteiger partial charge in [0.2, 0.25) is 5.54 Å². The molecule has 168 valence electrons. The molecule has 1 heterocycles. The number of rotatable bonds is 5. The summed E-state index contributed by atoms with van der Waals surface area (Å²) in [7, 11) is 0. The molecule has 2 aromatic carbocycles. The summed E-state index contributed by atoms with van der Waals surface area (Å²) < 4.78 is 43.5. The molecule has 32 heavy (non-hydrogen) atoms. The zero-order chi connectivity index (χ0) is 23.8. The second kappa shape index (κ2) is 8.60. The zero-order valence-corrected chi connectivity index (χ0v) is 18.4. The molecule has 2 amide bonds. The van der Waals surface area contributed by atoms with Gasteiger partial charge >= 0.3 is 6.18 Å². The van der Waals surface area contributed by atoms with Crippen molar-refractivity contribution in [3.8, 4) is 0 Å². The van der Waals surface area contributed by atoms with E-state index in [1.165, 1.54) is 19.1 Å². The Balaban J connectivity index is 2.13. The van der Waals surface area contributed by atoms with Crippen LogP contribution in [0.3, 0.4) is 0 Å². The van der Waals surface area contributed by atoms with Gasteiger partial charge in [0.15, 0.2) is 5.78 Å². The molecule has 1 N–H and O–H groups in total. The summed E-state index contributed by atoms with van der Waals surface area (Å²) in [6, 6.07) is 11.9. The molecule has 0 aliphatic carbocycles. The zero-order valence-electron chi connectivity index (χ0n) is 16.9. The number of amides is 2. The maximum absolute atomic E-state index is 14.5. The number of carbonyl (C=O) groups is 3. The van der Waals surface area contributed by atoms with E-state index in [9.17, 15) is 27.6 Å². The first-order valence-corrected chi connectivity index (χ1v) is 10.1. The van der Waals surface area contributed by atoms with Gasteiger partial charge in [-0.2, -0.15) is 13.2 Å². The fourth-order valence-corrected chi connectivity index (χ4v) is 4.20. The molecule has 0 fully saturated rings. The van der Waals surface area contributed by atoms with Gasteiger partial charge in [-0.3, -0.25) is 14.4 Å². The highest BCUT2D eigenvalue weighted by molar-refractivity contribution is 6.36. The average Bonchev–Trinajstić information content (AvgIpc) is 2.90. The standard InChI is InChI=1S/C22H17Cl2F3N2O3/c1-12-18(13(2)30)21(22(25,26)27,20(32)29(12)11-14-6-4-3-5-7-14)28-19(31)16-9-8-15(23)10-17(16)24/h3-10H,11H2,1-2H3,(H,28,31)/t21-/m1/s1. The first kappa shape index (κ1) is 23.8. The van der Waals surface area contributed by atoms with Gasteiger partial charge < -0.3 is 10.2 Å². The smallest absolute Gasteiger partial charge is 0.326 e. The highest BCUT2D eigenvalue weighted by Gasteiger charge is 2.69. The number of carbonyl (C=O) groups excluding carboxylic acids is 3. The lowest BCUT2D eigenvalue weighted by molar-refractivity contribution is -0.190. The summed E-state index contributed by atoms with van der Waals surface area (Å²) in [5.41, 5.74) is -4.36. The molecule has 0 saturated carbocycles. The first-order valence-electron chi connectivity index (χ1n) is 9.32. The van der Waals surface area contributed by atoms with Gasteiger partial charge in [-0.1, -0.05) is 53.5 Å². The number of benzene rings is 2. The Morgan fingerprint density at radius 1 is 1.09 bits per heavy atom. The molecule has 0 saturated heterocycles. The van der Waals surface area contributed by atoms with Crippen molar-refractivity contribution in [3.63, 3.8) is 0 Å². The summed E-state index contributed by atoms with van der Waals surface area (Å²) in [4.78, 5) is 39.3. The summed E-state index contributed by atoms with van der Waals surface area (Å²) in [6.45, 7) is 1.95. The lowest BCUT2D eigenvalue weighted by atomic mass is 9.86. The van der Waals surface area contributed by atoms with Gasteiger partial charge in [0.05, 0.1) is 22.7 Å². The lowest BCUT2D eigenvalue weighted by Gasteiger charge is -2.33. The Kier molecular flexibility index (Phi) is 6.40. The number of nitrogens with zero attached hydrogens (tertiary/aromatic N) is 1. The number of hydrogen-bond acceptors (Lipinski definition) is 3. The van der Waals surface area contributed by atoms with E-state index in [1.807, 2.05) is 0 Å². The highest BCUT2D eigenvalue weighted by atomic mass is 35.5. The molecular weight excluding hydrogens is 468 g/mol. The molecule has 0 aromatic heterocycles. The van der Waals surface area contributed by atoms with E-state index in [1.54, 1.807) is 35.6 Å². The number of nitrogens with one attached hydrogen (secondary N) is 1. The van der Waals surface area contributed by atoms with Gasteiger partial charge in [-0.15, -0.1) is 0 Å². The van der Waals surface area contributed by atoms with Gasteiger partial charge in [0.25, 0.3) is 11.8 Å². The van der Waals surface area contributed by atoms with Crippen LogP contribution >= 0.6 is 23.2 Å². The summed E-state index contributed by atoms with van der Waals surface area (Å²) in [5.74, 6) is -3.74. The molecule has 1 aliphatic heterocycles. The summed E-state index contributed by atoms with van der Waals surface area (Å²) >= 11 is 11.8. The Morgan fingerprint density at radius 2 is 1.72 bits per heavy atom. The first-order chi connectivity index (χ1) is 14.9. The predicted molar refractivity (Wildman–Crippen MR) is 113 cm³/mol. The normalized spacial score (nSPS) is 18.8. The largest absolute Gasteiger partial charge is 0.425 e. The fourth-order valence-electron chi connectivity index (χ4n) is 3.70. The minimum Gasteiger partial charge on any atom is -0.326 e. The fraction of sp³-hybridized carbons (Fsp3) is 0.227. The van der Waals surface area contributed by atoms with Crippen LogP contribution in [-0.4, -0.2) is 34.2 Å². The molecule has 1 aliphatic rings. The number of alkyl halides is 3. The van der Waals surface area contributed by atoms with Crippen molar-refractivity contribution in [3.05, 3.63) is 81.0 Å². The summed E-state index contributed by atoms with van der Waals surface area (Å²) in [6.07, 6.45) is -5.31. The van der Waals surface area contributed by atoms with Crippen molar-refractivity contribution in [1.29, 1.82) is 0 Å². The minimum atomic E-state index is -5.31. The van der Waals surface area contributed by atoms with Gasteiger partial charge in [0, 0.05) is 10.7 Å². The maximum atomic E-state index is 14.5. The van der Waals surface area contributed by atoms with Crippen molar-refractivity contribution >= 4 is 40.8 Å². The van der Waals surface area contributed by atoms with Crippen molar-refractivity contribution < 1.29 is 27.6 Å². The van der Waals surface area contributed by atoms with Crippen LogP contribution in [0.15, 0.2) is 59.8 Å². The molecule has 0 bridgehead atoms. The van der Waals surface area contributed by atoms with Crippen LogP contribution in [-0.2, 0) is 16.1 Å². The van der Waals surface area contributed by atoms with Crippen molar-refractivity contribution in [2.45, 2.75) is 32.1 Å². The van der Waals surface area contributed by atoms with E-state index < -0.39 is 34.9 Å². The summed E-state index contributed by atoms with van der Waals surface area (Å²) in [5, 5.41) is 1.74. The van der Waals surface area contributed by atoms with E-state index >= 15 is 0 Å². The SMILES string of the molecule is CC(=O)C1=C(C)N(Cc2ccccc2)C(=O)[C@@]1(NC(=O)c1ccc(Cl)cc1Cl)C(F)(F)F. The number of ketones is 1. The number of hydrogen-bond donors (Lipinski definition) is 1. The van der Waals surface area contributed by atoms with Crippen molar-refractivity contribution in [2.24, 2.45) is 0 Å². The Labute approximate surface area is 191 Å². The number of halogens is 5. The van der Waals surface area contributed by atoms with Crippen LogP contribution in [0.1, 0.15) is 29.8 Å². The third-order valence-electron chi connectivity index (χ3n) is 5.15. The highest BCUT2D eigenvalue weighted by Crippen LogP contribution is 2.45. The maximum Gasteiger partial charge on any atom is 0.425 e. The third kappa shape index (κ3) is 4.00. The van der Waals surface area contributed by atoms with E-state index in [2.05, 4.69) is 0 Å². The van der Waals surface area contributed by atoms with E-state index in [-0.39, 0.29) is 27.9 Å². The second-order valence-electron chi connectivity index (χ2n) is 7.22. The van der Waals surface area contributed by atoms with E-state index in [0.717, 1.165) is 17.9 Å². The number of allylic oxidation sites excluding steroid dienone is 1. The van der Waals surface area contributed by atoms with E-state index in [4.69, 9.17) is 23.2 Å². The molecular formula is C22H17Cl2F3N2O3. The Bertz CT molecular complexity index is 1130. The van der Waals surface area contributed by atoms with Crippen LogP contribution in [0, 0.1) is 0 Å². The molecule has 0 spiro atoms. The monoisotopic (exact) mass is 484 g/mol. The van der Waals surface area contributed by atoms with Crippen LogP contribution in [0.4, 0.5) is 13.2 Å². The predicted octanol–water partition coefficient (Wildman–Crippen LogP) is 4.93. The van der Waals surface area contributed by atoms with Crippen molar-refractivity contribution in [2.75, 3.05) is 0 Å². The minimum absolute atomic E-state index is 0.170. The Morgan fingerprint density at radius 3 is 2.25 bits per heavy atom. The molecule has 5 nitrogen and oxygen atoms in total. The van der Waals surface area contributed by atoms with Gasteiger partial charge in [-0.25, -0.2) is 0 Å². The molecule has 10 heteroatoms. The second-order valence-corrected chi connectivity index (χ2v) is 8.06. The topological polar surface area (TPSA) is 66.5 Å². The molecule has 0 unspecified atom stereocenters. The van der Waals surface area contributed by atoms with Gasteiger partial charge in [0.1, 0.15) is 0 Å². The molecule has 3 rings (SSSR count). The van der Waals surface area contributed by atoms with Crippen LogP contribution < -0.4 is 5.32 Å². The quantitative estimate of drug-likeness (QED) is 0.654. The van der Waals surface area contributed by atoms with Crippen LogP contribution in [0.2, 0.25) is 10.0 Å². The molecule has 2 aromatic rings. The van der Waals surface area contributed by atoms with Crippen LogP contribution in [0.25, 0.3) is 0 Å². The molecule has 0 radical (unpaired) electrons. The third-order valence-corrected chi connectivity index (χ3v) is 5.69. The average molecular weight is 485 g/mol. The van der Waals surface area contributed by atoms with E-state index in [0.29, 0.717) is 5.56 Å². The van der Waals surface area contributed by atoms with Crippen LogP contribution in [0.5, 0.6) is 0 Å². The van der Waals surface area contributed by atoms with Gasteiger partial charge in [-0.05, 0) is 37.6 Å². The molecule has 1 atom stereocenters. The lowest BCUT2D eigenvalue weighted by Crippen LogP contribution is -2.66. The van der Waals surface area contributed by atoms with Crippen molar-refractivity contribution in [1.82, 2.24) is 10.2 Å². The Hall–Kier alpha value is -2.84.